The largest absolute Gasteiger partial charge is 0.508 e. The van der Waals surface area contributed by atoms with E-state index in [1.165, 1.54) is 40.7 Å². The van der Waals surface area contributed by atoms with Gasteiger partial charge < -0.3 is 48.4 Å². The molecule has 58 heavy (non-hydrogen) atoms. The van der Waals surface area contributed by atoms with Gasteiger partial charge in [-0.2, -0.15) is 4.31 Å². The molecule has 6 rings (SSSR count). The Morgan fingerprint density at radius 2 is 1.50 bits per heavy atom. The van der Waals surface area contributed by atoms with Crippen molar-refractivity contribution in [2.75, 3.05) is 26.3 Å². The third-order valence-electron chi connectivity index (χ3n) is 9.66. The third kappa shape index (κ3) is 12.1. The fourth-order valence-corrected chi connectivity index (χ4v) is 9.34. The van der Waals surface area contributed by atoms with E-state index in [0.717, 1.165) is 17.1 Å². The maximum atomic E-state index is 14.2. The molecule has 4 aromatic carbocycles. The van der Waals surface area contributed by atoms with Gasteiger partial charge in [0.25, 0.3) is 7.57 Å². The van der Waals surface area contributed by atoms with Crippen molar-refractivity contribution < 1.29 is 56.3 Å². The Morgan fingerprint density at radius 1 is 0.879 bits per heavy atom. The number of hydrogen-bond acceptors (Lipinski definition) is 12. The zero-order chi connectivity index (χ0) is 41.1. The van der Waals surface area contributed by atoms with Gasteiger partial charge in [0.15, 0.2) is 12.3 Å². The van der Waals surface area contributed by atoms with Crippen LogP contribution in [0.25, 0.3) is 0 Å². The molecule has 14 nitrogen and oxygen atoms in total. The summed E-state index contributed by atoms with van der Waals surface area (Å²) in [5.41, 5.74) is 2.33. The molecule has 312 valence electrons. The van der Waals surface area contributed by atoms with Crippen molar-refractivity contribution in [3.05, 3.63) is 126 Å². The first-order valence-corrected chi connectivity index (χ1v) is 22.2. The van der Waals surface area contributed by atoms with Crippen molar-refractivity contribution in [2.45, 2.75) is 69.3 Å². The summed E-state index contributed by atoms with van der Waals surface area (Å²) in [7, 11) is -7.87. The monoisotopic (exact) mass is 838 g/mol. The molecule has 4 N–H and O–H groups in total. The van der Waals surface area contributed by atoms with Crippen LogP contribution in [0.4, 0.5) is 4.79 Å². The number of amides is 1. The van der Waals surface area contributed by atoms with Crippen molar-refractivity contribution in [2.24, 2.45) is 11.8 Å². The lowest BCUT2D eigenvalue weighted by molar-refractivity contribution is -0.0907. The molecule has 0 radical (unpaired) electrons. The molecule has 1 unspecified atom stereocenters. The van der Waals surface area contributed by atoms with E-state index in [1.807, 2.05) is 74.5 Å². The molecule has 0 aromatic heterocycles. The molecule has 0 aliphatic carbocycles. The summed E-state index contributed by atoms with van der Waals surface area (Å²) in [5, 5.41) is 24.2. The predicted octanol–water partition coefficient (Wildman–Crippen LogP) is 5.83. The van der Waals surface area contributed by atoms with Gasteiger partial charge in [-0.1, -0.05) is 86.6 Å². The molecular weight excluding hydrogens is 788 g/mol. The van der Waals surface area contributed by atoms with Crippen LogP contribution in [-0.2, 0) is 52.9 Å². The Balaban J connectivity index is 1.16. The average molecular weight is 839 g/mol. The highest BCUT2D eigenvalue weighted by Crippen LogP contribution is 2.46. The van der Waals surface area contributed by atoms with Crippen molar-refractivity contribution >= 4 is 29.7 Å². The maximum absolute atomic E-state index is 14.2. The zero-order valence-corrected chi connectivity index (χ0v) is 34.1. The van der Waals surface area contributed by atoms with Gasteiger partial charge in [0.05, 0.1) is 49.4 Å². The van der Waals surface area contributed by atoms with Crippen LogP contribution in [0.3, 0.4) is 0 Å². The van der Waals surface area contributed by atoms with Crippen LogP contribution in [0.15, 0.2) is 114 Å². The standard InChI is InChI=1S/C42H51N2O12PS/c1-30(2)24-44(25-39(46)38(23-31-13-15-34(45)16-14-31)43-42(47)56-40-28-52-41-37(40)21-22-51-41)58(49,50)36-19-17-35(18-20-36)53-29-57(48,54-26-32-9-5-3-6-10-32)55-27-33-11-7-4-8-12-33/h3-20,29-30,37-41,45-46,48H,21-28H2,1-2H3,(H,43,47)/t37-,38-,39+,40?,41+/m0/s1. The van der Waals surface area contributed by atoms with Crippen LogP contribution in [-0.4, -0.2) is 90.7 Å². The Labute approximate surface area is 339 Å². The molecule has 1 amide bonds. The van der Waals surface area contributed by atoms with Gasteiger partial charge >= 0.3 is 6.09 Å². The fourth-order valence-electron chi connectivity index (χ4n) is 6.60. The van der Waals surface area contributed by atoms with E-state index >= 15 is 0 Å². The Bertz CT molecular complexity index is 2030. The number of nitrogens with zero attached hydrogens (tertiary/aromatic N) is 1. The van der Waals surface area contributed by atoms with E-state index < -0.39 is 48.2 Å². The van der Waals surface area contributed by atoms with Crippen molar-refractivity contribution in [1.29, 1.82) is 0 Å². The average Bonchev–Trinajstić information content (AvgIpc) is 3.85. The quantitative estimate of drug-likeness (QED) is 0.0832. The molecule has 16 heteroatoms. The van der Waals surface area contributed by atoms with Crippen LogP contribution >= 0.6 is 7.57 Å². The lowest BCUT2D eigenvalue weighted by Crippen LogP contribution is -2.51. The summed E-state index contributed by atoms with van der Waals surface area (Å²) in [6, 6.07) is 29.6. The highest BCUT2D eigenvalue weighted by atomic mass is 32.2. The lowest BCUT2D eigenvalue weighted by atomic mass is 10.0. The van der Waals surface area contributed by atoms with Crippen molar-refractivity contribution in [3.8, 4) is 11.5 Å². The normalized spacial score (nSPS) is 19.1. The first-order valence-electron chi connectivity index (χ1n) is 19.1. The molecule has 2 aliphatic heterocycles. The molecule has 2 fully saturated rings. The second-order valence-corrected chi connectivity index (χ2v) is 18.4. The Hall–Kier alpha value is -4.28. The highest BCUT2D eigenvalue weighted by Gasteiger charge is 2.44. The number of sulfonamides is 1. The molecule has 2 heterocycles. The Kier molecular flexibility index (Phi) is 15.0. The summed E-state index contributed by atoms with van der Waals surface area (Å²) < 4.78 is 63.9. The zero-order valence-electron chi connectivity index (χ0n) is 32.4. The maximum Gasteiger partial charge on any atom is 0.407 e. The van der Waals surface area contributed by atoms with Crippen molar-refractivity contribution in [3.63, 3.8) is 0 Å². The van der Waals surface area contributed by atoms with Gasteiger partial charge in [0, 0.05) is 13.1 Å². The summed E-state index contributed by atoms with van der Waals surface area (Å²) in [6.45, 7) is 4.25. The van der Waals surface area contributed by atoms with Crippen LogP contribution in [0.5, 0.6) is 11.5 Å². The summed E-state index contributed by atoms with van der Waals surface area (Å²) in [4.78, 5) is 24.6. The first kappa shape index (κ1) is 43.3. The Morgan fingerprint density at radius 3 is 2.10 bits per heavy atom. The van der Waals surface area contributed by atoms with Gasteiger partial charge in [-0.15, -0.1) is 0 Å². The minimum atomic E-state index is -4.19. The SMILES string of the molecule is CC(C)CN(C[C@@H](O)[C@H](Cc1ccc(O)cc1)NC(=O)OC1CO[C@H]2OCC[C@@H]12)S(=O)(=O)c1ccc(OC=P(O)(OCc2ccccc2)OCc2ccccc2)cc1. The number of benzene rings is 4. The van der Waals surface area contributed by atoms with E-state index in [1.54, 1.807) is 12.1 Å². The van der Waals surface area contributed by atoms with E-state index in [4.69, 9.17) is 28.0 Å². The predicted molar refractivity (Wildman–Crippen MR) is 217 cm³/mol. The van der Waals surface area contributed by atoms with Crippen LogP contribution in [0, 0.1) is 11.8 Å². The van der Waals surface area contributed by atoms with Gasteiger partial charge in [-0.25, -0.2) is 13.2 Å². The number of aliphatic hydroxyl groups is 1. The van der Waals surface area contributed by atoms with Crippen LogP contribution < -0.4 is 10.1 Å². The lowest BCUT2D eigenvalue weighted by Gasteiger charge is -2.31. The van der Waals surface area contributed by atoms with Gasteiger partial charge in [0.2, 0.25) is 10.0 Å². The molecule has 0 spiro atoms. The van der Waals surface area contributed by atoms with E-state index in [0.29, 0.717) is 18.6 Å². The number of phenolic OH excluding ortho intramolecular Hbond substituents is 1. The van der Waals surface area contributed by atoms with Gasteiger partial charge in [-0.3, -0.25) is 0 Å². The molecule has 2 saturated heterocycles. The van der Waals surface area contributed by atoms with Gasteiger partial charge in [0.1, 0.15) is 17.6 Å². The second kappa shape index (κ2) is 20.1. The molecule has 5 atom stereocenters. The number of aliphatic hydroxyl groups excluding tert-OH is 1. The van der Waals surface area contributed by atoms with Crippen LogP contribution in [0.2, 0.25) is 0 Å². The number of hydrogen-bond donors (Lipinski definition) is 4. The van der Waals surface area contributed by atoms with E-state index in [9.17, 15) is 28.3 Å². The first-order chi connectivity index (χ1) is 27.9. The molecule has 4 aromatic rings. The number of carbonyl (C=O) groups excluding carboxylic acids is 1. The number of aromatic hydroxyl groups is 1. The number of rotatable bonds is 19. The summed E-state index contributed by atoms with van der Waals surface area (Å²) >= 11 is 0. The number of carbonyl (C=O) groups is 1. The fraction of sp³-hybridized carbons (Fsp3) is 0.381. The molecule has 2 aliphatic rings. The third-order valence-corrected chi connectivity index (χ3v) is 12.9. The molecule has 0 saturated carbocycles. The summed E-state index contributed by atoms with van der Waals surface area (Å²) in [6.07, 6.45) is -2.30. The number of ether oxygens (including phenoxy) is 4. The topological polar surface area (TPSA) is 183 Å². The summed E-state index contributed by atoms with van der Waals surface area (Å²) in [5.74, 6) is 1.16. The number of fused-ring (bicyclic) bond motifs is 1. The number of phenols is 1. The number of alkyl carbamates (subject to hydrolysis) is 1. The van der Waals surface area contributed by atoms with E-state index in [-0.39, 0.29) is 67.6 Å². The second-order valence-electron chi connectivity index (χ2n) is 14.7. The molecule has 0 bridgehead atoms. The molecular formula is C42H51N2O12PS. The van der Waals surface area contributed by atoms with Gasteiger partial charge in [-0.05, 0) is 71.8 Å². The smallest absolute Gasteiger partial charge is 0.407 e. The van der Waals surface area contributed by atoms with Crippen LogP contribution in [0.1, 0.15) is 37.0 Å². The minimum absolute atomic E-state index is 0.0522. The number of nitrogens with one attached hydrogen (secondary N) is 1. The van der Waals surface area contributed by atoms with E-state index in [2.05, 4.69) is 5.32 Å². The van der Waals surface area contributed by atoms with Crippen molar-refractivity contribution in [1.82, 2.24) is 9.62 Å². The minimum Gasteiger partial charge on any atom is -0.508 e. The highest BCUT2D eigenvalue weighted by molar-refractivity contribution is 7.89.